The molecule has 0 spiro atoms. The van der Waals surface area contributed by atoms with Gasteiger partial charge in [-0.3, -0.25) is 13.9 Å². The number of carbonyl (C=O) groups excluding carboxylic acids is 2. The fourth-order valence-electron chi connectivity index (χ4n) is 4.71. The molecule has 0 unspecified atom stereocenters. The summed E-state index contributed by atoms with van der Waals surface area (Å²) in [5.41, 5.74) is 1.47. The minimum absolute atomic E-state index is 0.000815. The van der Waals surface area contributed by atoms with E-state index in [1.165, 1.54) is 30.2 Å². The maximum atomic E-state index is 14.4. The predicted octanol–water partition coefficient (Wildman–Crippen LogP) is 5.97. The highest BCUT2D eigenvalue weighted by atomic mass is 35.5. The molecule has 0 aliphatic heterocycles. The molecular formula is C33H33Cl2N3O5S. The molecular weight excluding hydrogens is 621 g/mol. The van der Waals surface area contributed by atoms with E-state index in [4.69, 9.17) is 27.9 Å². The van der Waals surface area contributed by atoms with Crippen molar-refractivity contribution in [3.63, 3.8) is 0 Å². The Morgan fingerprint density at radius 1 is 0.864 bits per heavy atom. The summed E-state index contributed by atoms with van der Waals surface area (Å²) >= 11 is 13.1. The molecule has 8 nitrogen and oxygen atoms in total. The van der Waals surface area contributed by atoms with Crippen LogP contribution in [0.4, 0.5) is 5.69 Å². The van der Waals surface area contributed by atoms with Crippen molar-refractivity contribution in [1.82, 2.24) is 10.2 Å². The Morgan fingerprint density at radius 3 is 2.09 bits per heavy atom. The summed E-state index contributed by atoms with van der Waals surface area (Å²) in [6, 6.07) is 27.5. The van der Waals surface area contributed by atoms with Gasteiger partial charge in [-0.1, -0.05) is 83.9 Å². The summed E-state index contributed by atoms with van der Waals surface area (Å²) in [5, 5.41) is 3.45. The van der Waals surface area contributed by atoms with Crippen molar-refractivity contribution in [1.29, 1.82) is 0 Å². The number of sulfonamides is 1. The molecule has 0 saturated heterocycles. The maximum Gasteiger partial charge on any atom is 0.264 e. The molecule has 0 aliphatic rings. The van der Waals surface area contributed by atoms with Crippen molar-refractivity contribution < 1.29 is 22.7 Å². The molecule has 44 heavy (non-hydrogen) atoms. The van der Waals surface area contributed by atoms with Crippen LogP contribution in [-0.2, 0) is 32.6 Å². The average molecular weight is 655 g/mol. The highest BCUT2D eigenvalue weighted by molar-refractivity contribution is 7.92. The van der Waals surface area contributed by atoms with Crippen LogP contribution in [0, 0.1) is 0 Å². The second kappa shape index (κ2) is 15.1. The molecule has 0 radical (unpaired) electrons. The molecule has 11 heteroatoms. The molecule has 4 rings (SSSR count). The number of halogens is 2. The Balaban J connectivity index is 1.83. The second-order valence-electron chi connectivity index (χ2n) is 9.85. The minimum Gasteiger partial charge on any atom is -0.497 e. The van der Waals surface area contributed by atoms with Crippen molar-refractivity contribution in [3.8, 4) is 5.75 Å². The molecule has 2 amide bonds. The van der Waals surface area contributed by atoms with E-state index in [1.54, 1.807) is 61.5 Å². The number of carbonyl (C=O) groups is 2. The fourth-order valence-corrected chi connectivity index (χ4v) is 6.66. The van der Waals surface area contributed by atoms with Crippen LogP contribution in [0.3, 0.4) is 0 Å². The number of nitrogens with zero attached hydrogens (tertiary/aromatic N) is 2. The van der Waals surface area contributed by atoms with Crippen LogP contribution in [0.15, 0.2) is 108 Å². The monoisotopic (exact) mass is 653 g/mol. The van der Waals surface area contributed by atoms with Gasteiger partial charge < -0.3 is 15.0 Å². The van der Waals surface area contributed by atoms with Gasteiger partial charge in [-0.2, -0.15) is 0 Å². The van der Waals surface area contributed by atoms with Crippen LogP contribution >= 0.6 is 23.2 Å². The molecule has 230 valence electrons. The van der Waals surface area contributed by atoms with Crippen LogP contribution in [0.2, 0.25) is 10.0 Å². The van der Waals surface area contributed by atoms with Crippen LogP contribution in [0.1, 0.15) is 18.1 Å². The van der Waals surface area contributed by atoms with Gasteiger partial charge in [0.15, 0.2) is 0 Å². The third-order valence-electron chi connectivity index (χ3n) is 6.96. The number of anilines is 1. The Labute approximate surface area is 268 Å². The zero-order valence-corrected chi connectivity index (χ0v) is 26.6. The normalized spacial score (nSPS) is 11.8. The first-order chi connectivity index (χ1) is 21.1. The van der Waals surface area contributed by atoms with E-state index in [1.807, 2.05) is 30.3 Å². The van der Waals surface area contributed by atoms with Gasteiger partial charge in [-0.25, -0.2) is 8.42 Å². The number of hydrogen-bond donors (Lipinski definition) is 1. The van der Waals surface area contributed by atoms with Gasteiger partial charge in [0.05, 0.1) is 17.7 Å². The number of ether oxygens (including phenoxy) is 1. The summed E-state index contributed by atoms with van der Waals surface area (Å²) in [6.45, 7) is 1.36. The number of rotatable bonds is 13. The van der Waals surface area contributed by atoms with Gasteiger partial charge in [0.25, 0.3) is 10.0 Å². The van der Waals surface area contributed by atoms with Crippen LogP contribution in [0.25, 0.3) is 0 Å². The van der Waals surface area contributed by atoms with Gasteiger partial charge in [0.2, 0.25) is 11.8 Å². The number of amides is 2. The van der Waals surface area contributed by atoms with E-state index in [2.05, 4.69) is 5.32 Å². The molecule has 0 bridgehead atoms. The lowest BCUT2D eigenvalue weighted by atomic mass is 10.0. The van der Waals surface area contributed by atoms with Gasteiger partial charge in [0, 0.05) is 41.2 Å². The predicted molar refractivity (Wildman–Crippen MR) is 174 cm³/mol. The lowest BCUT2D eigenvalue weighted by Gasteiger charge is -2.34. The Morgan fingerprint density at radius 2 is 1.48 bits per heavy atom. The number of benzene rings is 4. The summed E-state index contributed by atoms with van der Waals surface area (Å²) in [4.78, 5) is 29.4. The average Bonchev–Trinajstić information content (AvgIpc) is 3.03. The molecule has 4 aromatic carbocycles. The third-order valence-corrected chi connectivity index (χ3v) is 9.46. The number of methoxy groups -OCH3 is 1. The molecule has 0 aromatic heterocycles. The van der Waals surface area contributed by atoms with Gasteiger partial charge in [-0.05, 0) is 48.9 Å². The van der Waals surface area contributed by atoms with Gasteiger partial charge in [-0.15, -0.1) is 0 Å². The van der Waals surface area contributed by atoms with E-state index in [0.29, 0.717) is 27.9 Å². The maximum absolute atomic E-state index is 14.4. The fraction of sp³-hybridized carbons (Fsp3) is 0.212. The van der Waals surface area contributed by atoms with E-state index in [9.17, 15) is 18.0 Å². The lowest BCUT2D eigenvalue weighted by Crippen LogP contribution is -2.53. The topological polar surface area (TPSA) is 96.0 Å². The van der Waals surface area contributed by atoms with Gasteiger partial charge in [0.1, 0.15) is 18.3 Å². The summed E-state index contributed by atoms with van der Waals surface area (Å²) in [7, 11) is -2.77. The Hall–Kier alpha value is -4.05. The molecule has 0 fully saturated rings. The van der Waals surface area contributed by atoms with E-state index >= 15 is 0 Å². The van der Waals surface area contributed by atoms with E-state index < -0.39 is 34.4 Å². The minimum atomic E-state index is -4.23. The zero-order chi connectivity index (χ0) is 31.7. The SMILES string of the molecule is CCNC(=O)[C@H](Cc1ccccc1)N(Cc1c(Cl)cccc1Cl)C(=O)CN(c1cccc(OC)c1)S(=O)(=O)c1ccccc1. The quantitative estimate of drug-likeness (QED) is 0.192. The smallest absolute Gasteiger partial charge is 0.264 e. The van der Waals surface area contributed by atoms with Crippen molar-refractivity contribution in [2.75, 3.05) is 24.5 Å². The number of nitrogens with one attached hydrogen (secondary N) is 1. The largest absolute Gasteiger partial charge is 0.497 e. The lowest BCUT2D eigenvalue weighted by molar-refractivity contribution is -0.140. The zero-order valence-electron chi connectivity index (χ0n) is 24.3. The first-order valence-corrected chi connectivity index (χ1v) is 16.1. The van der Waals surface area contributed by atoms with Crippen LogP contribution < -0.4 is 14.4 Å². The molecule has 0 heterocycles. The van der Waals surface area contributed by atoms with Crippen molar-refractivity contribution in [2.24, 2.45) is 0 Å². The van der Waals surface area contributed by atoms with E-state index in [-0.39, 0.29) is 23.5 Å². The summed E-state index contributed by atoms with van der Waals surface area (Å²) < 4.78 is 34.5. The third kappa shape index (κ3) is 7.91. The summed E-state index contributed by atoms with van der Waals surface area (Å²) in [5.74, 6) is -0.616. The molecule has 1 N–H and O–H groups in total. The highest BCUT2D eigenvalue weighted by Gasteiger charge is 2.35. The first-order valence-electron chi connectivity index (χ1n) is 13.9. The Bertz CT molecular complexity index is 1670. The molecule has 0 saturated carbocycles. The van der Waals surface area contributed by atoms with Crippen molar-refractivity contribution in [2.45, 2.75) is 30.8 Å². The molecule has 4 aromatic rings. The highest BCUT2D eigenvalue weighted by Crippen LogP contribution is 2.30. The number of hydrogen-bond acceptors (Lipinski definition) is 5. The van der Waals surface area contributed by atoms with Gasteiger partial charge >= 0.3 is 0 Å². The van der Waals surface area contributed by atoms with Crippen LogP contribution in [0.5, 0.6) is 5.75 Å². The molecule has 1 atom stereocenters. The summed E-state index contributed by atoms with van der Waals surface area (Å²) in [6.07, 6.45) is 0.172. The van der Waals surface area contributed by atoms with Crippen molar-refractivity contribution in [3.05, 3.63) is 124 Å². The number of likely N-dealkylation sites (N-methyl/N-ethyl adjacent to an activating group) is 1. The van der Waals surface area contributed by atoms with Crippen molar-refractivity contribution >= 4 is 50.7 Å². The first kappa shape index (κ1) is 32.9. The van der Waals surface area contributed by atoms with E-state index in [0.717, 1.165) is 9.87 Å². The molecule has 0 aliphatic carbocycles. The van der Waals surface area contributed by atoms with Crippen LogP contribution in [-0.4, -0.2) is 51.4 Å². The standard InChI is InChI=1S/C33H33Cl2N3O5S/c1-3-36-33(40)31(20-24-12-6-4-7-13-24)37(22-28-29(34)18-11-19-30(28)35)32(39)23-38(25-14-10-15-26(21-25)43-2)44(41,42)27-16-8-5-9-17-27/h4-19,21,31H,3,20,22-23H2,1-2H3,(H,36,40)/t31-/m0/s1. The Kier molecular flexibility index (Phi) is 11.3. The second-order valence-corrected chi connectivity index (χ2v) is 12.5.